The van der Waals surface area contributed by atoms with Gasteiger partial charge in [0.25, 0.3) is 0 Å². The second-order valence-electron chi connectivity index (χ2n) is 5.42. The maximum Gasteiger partial charge on any atom is 0.0291 e. The van der Waals surface area contributed by atoms with E-state index in [1.807, 2.05) is 0 Å². The molecule has 0 aliphatic carbocycles. The molecule has 1 aromatic carbocycles. The van der Waals surface area contributed by atoms with Crippen molar-refractivity contribution in [2.45, 2.75) is 40.2 Å². The van der Waals surface area contributed by atoms with Crippen molar-refractivity contribution >= 4 is 15.9 Å². The van der Waals surface area contributed by atoms with Crippen molar-refractivity contribution in [3.8, 4) is 0 Å². The molecule has 1 aromatic rings. The third kappa shape index (κ3) is 5.69. The molecule has 0 amide bonds. The van der Waals surface area contributed by atoms with Crippen molar-refractivity contribution in [3.63, 3.8) is 0 Å². The van der Waals surface area contributed by atoms with Crippen molar-refractivity contribution < 1.29 is 0 Å². The lowest BCUT2D eigenvalue weighted by Crippen LogP contribution is -2.25. The number of rotatable bonds is 6. The summed E-state index contributed by atoms with van der Waals surface area (Å²) in [5, 5.41) is 3.61. The number of benzene rings is 1. The Bertz CT molecular complexity index is 318. The predicted octanol–water partition coefficient (Wildman–Crippen LogP) is 4.78. The zero-order chi connectivity index (χ0) is 12.8. The maximum absolute atomic E-state index is 3.61. The zero-order valence-corrected chi connectivity index (χ0v) is 12.9. The molecule has 1 rings (SSSR count). The van der Waals surface area contributed by atoms with Gasteiger partial charge in [-0.15, -0.1) is 0 Å². The van der Waals surface area contributed by atoms with Crippen molar-refractivity contribution in [2.24, 2.45) is 11.8 Å². The van der Waals surface area contributed by atoms with E-state index in [-0.39, 0.29) is 0 Å². The van der Waals surface area contributed by atoms with Gasteiger partial charge in [-0.05, 0) is 49.4 Å². The van der Waals surface area contributed by atoms with E-state index in [2.05, 4.69) is 73.2 Å². The summed E-state index contributed by atoms with van der Waals surface area (Å²) >= 11 is 3.46. The zero-order valence-electron chi connectivity index (χ0n) is 11.3. The molecule has 0 heterocycles. The number of nitrogens with one attached hydrogen (secondary N) is 1. The van der Waals surface area contributed by atoms with Crippen LogP contribution in [0.25, 0.3) is 0 Å². The Morgan fingerprint density at radius 2 is 1.65 bits per heavy atom. The first-order chi connectivity index (χ1) is 7.99. The molecular formula is C15H24BrN. The fourth-order valence-corrected chi connectivity index (χ4v) is 2.40. The first-order valence-electron chi connectivity index (χ1n) is 6.48. The van der Waals surface area contributed by atoms with E-state index in [0.717, 1.165) is 22.9 Å². The van der Waals surface area contributed by atoms with Gasteiger partial charge in [0, 0.05) is 10.5 Å². The van der Waals surface area contributed by atoms with Gasteiger partial charge < -0.3 is 5.32 Å². The highest BCUT2D eigenvalue weighted by Gasteiger charge is 2.08. The lowest BCUT2D eigenvalue weighted by molar-refractivity contribution is 0.396. The molecule has 17 heavy (non-hydrogen) atoms. The highest BCUT2D eigenvalue weighted by atomic mass is 79.9. The van der Waals surface area contributed by atoms with Crippen molar-refractivity contribution in [1.82, 2.24) is 5.32 Å². The van der Waals surface area contributed by atoms with Crippen LogP contribution >= 0.6 is 15.9 Å². The Hall–Kier alpha value is -0.340. The van der Waals surface area contributed by atoms with E-state index in [1.165, 1.54) is 12.0 Å². The summed E-state index contributed by atoms with van der Waals surface area (Å²) in [4.78, 5) is 0. The summed E-state index contributed by atoms with van der Waals surface area (Å²) in [7, 11) is 0. The van der Waals surface area contributed by atoms with Gasteiger partial charge in [0.15, 0.2) is 0 Å². The summed E-state index contributed by atoms with van der Waals surface area (Å²) in [5.41, 5.74) is 1.35. The summed E-state index contributed by atoms with van der Waals surface area (Å²) in [5.74, 6) is 1.53. The molecule has 0 fully saturated rings. The maximum atomic E-state index is 3.61. The van der Waals surface area contributed by atoms with Crippen molar-refractivity contribution in [1.29, 1.82) is 0 Å². The molecule has 0 aliphatic rings. The quantitative estimate of drug-likeness (QED) is 0.797. The van der Waals surface area contributed by atoms with Crippen LogP contribution in [0.1, 0.15) is 45.7 Å². The van der Waals surface area contributed by atoms with Crippen LogP contribution in [-0.2, 0) is 0 Å². The second-order valence-corrected chi connectivity index (χ2v) is 6.33. The summed E-state index contributed by atoms with van der Waals surface area (Å²) in [6.07, 6.45) is 1.29. The molecule has 96 valence electrons. The number of halogens is 1. The van der Waals surface area contributed by atoms with E-state index >= 15 is 0 Å². The molecule has 0 radical (unpaired) electrons. The first kappa shape index (κ1) is 14.7. The Kier molecular flexibility index (Phi) is 6.21. The molecule has 1 N–H and O–H groups in total. The summed E-state index contributed by atoms with van der Waals surface area (Å²) < 4.78 is 1.14. The molecule has 0 aliphatic heterocycles. The van der Waals surface area contributed by atoms with Gasteiger partial charge in [-0.3, -0.25) is 0 Å². The van der Waals surface area contributed by atoms with Crippen LogP contribution in [0.15, 0.2) is 28.7 Å². The lowest BCUT2D eigenvalue weighted by atomic mass is 9.98. The van der Waals surface area contributed by atoms with Gasteiger partial charge in [0.2, 0.25) is 0 Å². The van der Waals surface area contributed by atoms with E-state index < -0.39 is 0 Å². The Morgan fingerprint density at radius 3 is 2.18 bits per heavy atom. The largest absolute Gasteiger partial charge is 0.310 e. The molecular weight excluding hydrogens is 274 g/mol. The topological polar surface area (TPSA) is 12.0 Å². The fraction of sp³-hybridized carbons (Fsp3) is 0.600. The number of hydrogen-bond donors (Lipinski definition) is 1. The Morgan fingerprint density at radius 1 is 1.06 bits per heavy atom. The average Bonchev–Trinajstić information content (AvgIpc) is 2.26. The number of hydrogen-bond acceptors (Lipinski definition) is 1. The van der Waals surface area contributed by atoms with E-state index in [4.69, 9.17) is 0 Å². The molecule has 0 saturated heterocycles. The Balaban J connectivity index is 2.39. The first-order valence-corrected chi connectivity index (χ1v) is 7.27. The molecule has 2 atom stereocenters. The van der Waals surface area contributed by atoms with Gasteiger partial charge in [-0.2, -0.15) is 0 Å². The minimum Gasteiger partial charge on any atom is -0.310 e. The molecule has 1 unspecified atom stereocenters. The normalized spacial score (nSPS) is 14.9. The van der Waals surface area contributed by atoms with Crippen molar-refractivity contribution in [2.75, 3.05) is 6.54 Å². The molecule has 0 saturated carbocycles. The standard InChI is InChI=1S/C15H24BrN/c1-11(2)9-12(3)10-17-13(4)14-5-7-15(16)8-6-14/h5-8,11-13,17H,9-10H2,1-4H3/t12?,13-/m0/s1. The van der Waals surface area contributed by atoms with Crippen LogP contribution in [0.4, 0.5) is 0 Å². The van der Waals surface area contributed by atoms with Crippen molar-refractivity contribution in [3.05, 3.63) is 34.3 Å². The predicted molar refractivity (Wildman–Crippen MR) is 79.2 cm³/mol. The molecule has 0 bridgehead atoms. The second kappa shape index (κ2) is 7.17. The molecule has 0 aromatic heterocycles. The minimum absolute atomic E-state index is 0.428. The molecule has 0 spiro atoms. The van der Waals surface area contributed by atoms with Crippen LogP contribution in [0, 0.1) is 11.8 Å². The van der Waals surface area contributed by atoms with Crippen LogP contribution < -0.4 is 5.32 Å². The fourth-order valence-electron chi connectivity index (χ4n) is 2.14. The van der Waals surface area contributed by atoms with Gasteiger partial charge >= 0.3 is 0 Å². The highest BCUT2D eigenvalue weighted by Crippen LogP contribution is 2.17. The SMILES string of the molecule is CC(C)CC(C)CN[C@@H](C)c1ccc(Br)cc1. The summed E-state index contributed by atoms with van der Waals surface area (Å²) in [6.45, 7) is 10.2. The van der Waals surface area contributed by atoms with Gasteiger partial charge in [0.1, 0.15) is 0 Å². The molecule has 2 heteroatoms. The van der Waals surface area contributed by atoms with Gasteiger partial charge in [-0.25, -0.2) is 0 Å². The van der Waals surface area contributed by atoms with Crippen LogP contribution in [0.5, 0.6) is 0 Å². The van der Waals surface area contributed by atoms with Crippen LogP contribution in [0.3, 0.4) is 0 Å². The lowest BCUT2D eigenvalue weighted by Gasteiger charge is -2.19. The average molecular weight is 298 g/mol. The third-order valence-electron chi connectivity index (χ3n) is 3.02. The highest BCUT2D eigenvalue weighted by molar-refractivity contribution is 9.10. The van der Waals surface area contributed by atoms with Gasteiger partial charge in [-0.1, -0.05) is 48.8 Å². The van der Waals surface area contributed by atoms with E-state index in [9.17, 15) is 0 Å². The summed E-state index contributed by atoms with van der Waals surface area (Å²) in [6, 6.07) is 8.98. The third-order valence-corrected chi connectivity index (χ3v) is 3.54. The smallest absolute Gasteiger partial charge is 0.0291 e. The van der Waals surface area contributed by atoms with E-state index in [0.29, 0.717) is 6.04 Å². The Labute approximate surface area is 114 Å². The molecule has 1 nitrogen and oxygen atoms in total. The van der Waals surface area contributed by atoms with Crippen LogP contribution in [-0.4, -0.2) is 6.54 Å². The minimum atomic E-state index is 0.428. The van der Waals surface area contributed by atoms with Crippen LogP contribution in [0.2, 0.25) is 0 Å². The monoisotopic (exact) mass is 297 g/mol. The van der Waals surface area contributed by atoms with Gasteiger partial charge in [0.05, 0.1) is 0 Å². The van der Waals surface area contributed by atoms with E-state index in [1.54, 1.807) is 0 Å².